The van der Waals surface area contributed by atoms with Gasteiger partial charge in [0.1, 0.15) is 6.04 Å². The second-order valence-electron chi connectivity index (χ2n) is 6.45. The predicted molar refractivity (Wildman–Crippen MR) is 101 cm³/mol. The first-order chi connectivity index (χ1) is 13.4. The molecule has 0 saturated heterocycles. The van der Waals surface area contributed by atoms with Crippen LogP contribution >= 0.6 is 0 Å². The van der Waals surface area contributed by atoms with Gasteiger partial charge in [-0.05, 0) is 31.5 Å². The molecule has 0 saturated carbocycles. The molecule has 1 amide bonds. The highest BCUT2D eigenvalue weighted by Gasteiger charge is 2.29. The Morgan fingerprint density at radius 2 is 1.75 bits per heavy atom. The maximum Gasteiger partial charge on any atom is 0.335 e. The number of rotatable bonds is 7. The molecule has 0 bridgehead atoms. The second kappa shape index (κ2) is 8.30. The molecule has 0 aliphatic heterocycles. The Morgan fingerprint density at radius 3 is 2.39 bits per heavy atom. The Bertz CT molecular complexity index is 1030. The van der Waals surface area contributed by atoms with Crippen LogP contribution in [0.1, 0.15) is 41.7 Å². The van der Waals surface area contributed by atoms with Crippen molar-refractivity contribution >= 4 is 15.7 Å². The zero-order valence-electron chi connectivity index (χ0n) is 15.4. The molecule has 3 rings (SSSR count). The summed E-state index contributed by atoms with van der Waals surface area (Å²) in [5.41, 5.74) is 1.34. The van der Waals surface area contributed by atoms with Gasteiger partial charge in [-0.1, -0.05) is 35.4 Å². The highest BCUT2D eigenvalue weighted by atomic mass is 32.2. The molecule has 0 aliphatic rings. The van der Waals surface area contributed by atoms with Crippen molar-refractivity contribution in [3.05, 3.63) is 71.9 Å². The Labute approximate surface area is 162 Å². The normalized spacial score (nSPS) is 12.7. The van der Waals surface area contributed by atoms with Crippen molar-refractivity contribution in [2.45, 2.75) is 36.8 Å². The summed E-state index contributed by atoms with van der Waals surface area (Å²) in [7, 11) is -3.70. The van der Waals surface area contributed by atoms with E-state index in [1.807, 2.05) is 30.3 Å². The third-order valence-electron chi connectivity index (χ3n) is 4.11. The van der Waals surface area contributed by atoms with E-state index in [0.29, 0.717) is 12.0 Å². The van der Waals surface area contributed by atoms with E-state index in [0.717, 1.165) is 5.56 Å². The number of nitrogens with zero attached hydrogens (tertiary/aromatic N) is 3. The molecule has 0 unspecified atom stereocenters. The zero-order valence-corrected chi connectivity index (χ0v) is 16.3. The predicted octanol–water partition coefficient (Wildman–Crippen LogP) is 2.36. The van der Waals surface area contributed by atoms with Crippen LogP contribution in [0.4, 0.5) is 0 Å². The minimum atomic E-state index is -3.70. The molecule has 0 fully saturated rings. The number of benzene rings is 1. The van der Waals surface area contributed by atoms with Crippen LogP contribution in [0.25, 0.3) is 0 Å². The third kappa shape index (κ3) is 4.42. The lowest BCUT2D eigenvalue weighted by Gasteiger charge is -2.15. The Morgan fingerprint density at radius 1 is 1.07 bits per heavy atom. The van der Waals surface area contributed by atoms with Gasteiger partial charge >= 0.3 is 5.22 Å². The molecule has 1 N–H and O–H groups in total. The van der Waals surface area contributed by atoms with Crippen LogP contribution in [-0.2, 0) is 16.3 Å². The monoisotopic (exact) mass is 400 g/mol. The maximum atomic E-state index is 12.6. The molecule has 28 heavy (non-hydrogen) atoms. The van der Waals surface area contributed by atoms with E-state index in [-0.39, 0.29) is 11.8 Å². The molecular formula is C19H20N4O4S. The summed E-state index contributed by atoms with van der Waals surface area (Å²) < 4.78 is 30.0. The molecule has 9 heteroatoms. The zero-order chi connectivity index (χ0) is 20.1. The smallest absolute Gasteiger partial charge is 0.335 e. The number of carbonyl (C=O) groups excluding carboxylic acids is 1. The lowest BCUT2D eigenvalue weighted by atomic mass is 10.1. The van der Waals surface area contributed by atoms with Crippen LogP contribution < -0.4 is 5.32 Å². The summed E-state index contributed by atoms with van der Waals surface area (Å²) in [6.45, 7) is 3.07. The fourth-order valence-electron chi connectivity index (χ4n) is 2.47. The first-order valence-corrected chi connectivity index (χ1v) is 10.2. The molecule has 8 nitrogen and oxygen atoms in total. The van der Waals surface area contributed by atoms with Crippen molar-refractivity contribution in [1.82, 2.24) is 20.5 Å². The molecule has 3 aromatic rings. The number of amides is 1. The van der Waals surface area contributed by atoms with Crippen LogP contribution in [0.15, 0.2) is 64.5 Å². The van der Waals surface area contributed by atoms with E-state index in [2.05, 4.69) is 20.5 Å². The topological polar surface area (TPSA) is 115 Å². The fraction of sp³-hybridized carbons (Fsp3) is 0.263. The van der Waals surface area contributed by atoms with Crippen LogP contribution in [0, 0.1) is 0 Å². The van der Waals surface area contributed by atoms with Gasteiger partial charge in [-0.2, -0.15) is 0 Å². The lowest BCUT2D eigenvalue weighted by Crippen LogP contribution is -2.30. The summed E-state index contributed by atoms with van der Waals surface area (Å²) in [5.74, 6) is -0.319. The van der Waals surface area contributed by atoms with Crippen LogP contribution in [-0.4, -0.2) is 34.8 Å². The van der Waals surface area contributed by atoms with Crippen LogP contribution in [0.3, 0.4) is 0 Å². The maximum absolute atomic E-state index is 12.6. The number of hydrogen-bond acceptors (Lipinski definition) is 7. The first kappa shape index (κ1) is 19.7. The largest absolute Gasteiger partial charge is 0.410 e. The molecule has 146 valence electrons. The molecule has 2 heterocycles. The number of sulfone groups is 1. The number of nitrogens with one attached hydrogen (secondary N) is 1. The molecule has 0 aliphatic carbocycles. The summed E-state index contributed by atoms with van der Waals surface area (Å²) in [6, 6.07) is 11.9. The lowest BCUT2D eigenvalue weighted by molar-refractivity contribution is 0.0929. The first-order valence-electron chi connectivity index (χ1n) is 8.70. The number of pyridine rings is 1. The molecule has 0 radical (unpaired) electrons. The number of carbonyl (C=O) groups is 1. The van der Waals surface area contributed by atoms with E-state index >= 15 is 0 Å². The van der Waals surface area contributed by atoms with Crippen molar-refractivity contribution in [2.75, 3.05) is 0 Å². The quantitative estimate of drug-likeness (QED) is 0.647. The van der Waals surface area contributed by atoms with E-state index in [4.69, 9.17) is 4.42 Å². The van der Waals surface area contributed by atoms with Crippen molar-refractivity contribution < 1.29 is 17.6 Å². The number of aromatic nitrogens is 3. The van der Waals surface area contributed by atoms with Crippen LogP contribution in [0.2, 0.25) is 0 Å². The van der Waals surface area contributed by atoms with Gasteiger partial charge in [0.25, 0.3) is 5.91 Å². The minimum absolute atomic E-state index is 0.0329. The highest BCUT2D eigenvalue weighted by molar-refractivity contribution is 7.91. The van der Waals surface area contributed by atoms with E-state index in [1.165, 1.54) is 26.2 Å². The fourth-order valence-corrected chi connectivity index (χ4v) is 3.23. The third-order valence-corrected chi connectivity index (χ3v) is 6.01. The molecule has 2 aromatic heterocycles. The van der Waals surface area contributed by atoms with Crippen molar-refractivity contribution in [3.63, 3.8) is 0 Å². The van der Waals surface area contributed by atoms with Gasteiger partial charge in [0, 0.05) is 24.4 Å². The standard InChI is InChI=1S/C19H20N4O4S/c1-13(2)28(25,26)19-23-22-18(27-19)16(12-14-6-4-3-5-7-14)21-17(24)15-8-10-20-11-9-15/h3-11,13,16H,12H2,1-2H3,(H,21,24)/t16-/m0/s1. The Hall–Kier alpha value is -3.07. The van der Waals surface area contributed by atoms with Gasteiger partial charge < -0.3 is 9.73 Å². The average molecular weight is 400 g/mol. The van der Waals surface area contributed by atoms with E-state index < -0.39 is 26.4 Å². The van der Waals surface area contributed by atoms with Crippen molar-refractivity contribution in [3.8, 4) is 0 Å². The second-order valence-corrected chi connectivity index (χ2v) is 8.83. The van der Waals surface area contributed by atoms with Gasteiger partial charge in [0.15, 0.2) is 0 Å². The molecule has 0 spiro atoms. The van der Waals surface area contributed by atoms with Gasteiger partial charge in [-0.25, -0.2) is 8.42 Å². The molecule has 1 atom stereocenters. The number of hydrogen-bond donors (Lipinski definition) is 1. The summed E-state index contributed by atoms with van der Waals surface area (Å²) >= 11 is 0. The molecular weight excluding hydrogens is 380 g/mol. The van der Waals surface area contributed by atoms with Crippen molar-refractivity contribution in [2.24, 2.45) is 0 Å². The van der Waals surface area contributed by atoms with Gasteiger partial charge in [-0.3, -0.25) is 9.78 Å². The minimum Gasteiger partial charge on any atom is -0.410 e. The van der Waals surface area contributed by atoms with Gasteiger partial charge in [0.2, 0.25) is 15.7 Å². The molecule has 1 aromatic carbocycles. The average Bonchev–Trinajstić information content (AvgIpc) is 3.20. The van der Waals surface area contributed by atoms with Gasteiger partial charge in [0.05, 0.1) is 5.25 Å². The van der Waals surface area contributed by atoms with E-state index in [1.54, 1.807) is 12.1 Å². The van der Waals surface area contributed by atoms with Crippen LogP contribution in [0.5, 0.6) is 0 Å². The SMILES string of the molecule is CC(C)S(=O)(=O)c1nnc([C@H](Cc2ccccc2)NC(=O)c2ccncc2)o1. The Kier molecular flexibility index (Phi) is 5.84. The summed E-state index contributed by atoms with van der Waals surface area (Å²) in [5, 5.41) is 9.26. The summed E-state index contributed by atoms with van der Waals surface area (Å²) in [4.78, 5) is 16.5. The van der Waals surface area contributed by atoms with Gasteiger partial charge in [-0.15, -0.1) is 5.10 Å². The highest BCUT2D eigenvalue weighted by Crippen LogP contribution is 2.22. The van der Waals surface area contributed by atoms with E-state index in [9.17, 15) is 13.2 Å². The summed E-state index contributed by atoms with van der Waals surface area (Å²) in [6.07, 6.45) is 3.39. The Balaban J connectivity index is 1.90. The van der Waals surface area contributed by atoms with Crippen molar-refractivity contribution in [1.29, 1.82) is 0 Å².